The summed E-state index contributed by atoms with van der Waals surface area (Å²) in [4.78, 5) is 57.7. The lowest BCUT2D eigenvalue weighted by atomic mass is 9.81. The van der Waals surface area contributed by atoms with Crippen molar-refractivity contribution in [1.82, 2.24) is 4.90 Å². The number of hydrogen-bond acceptors (Lipinski definition) is 11. The maximum atomic E-state index is 14.3. The lowest BCUT2D eigenvalue weighted by Gasteiger charge is -2.47. The standard InChI is InChI=1S/C43H70N2O10/c1-10-31-20-25(2)19-26(3)21-36(52-8)39-37(53-9)23-29(6)43(50,55-39)40(47)41(48)45-18-12-11-13-33(45)42(49)54-38(27(4)14-17-34(31)46)28(5)22-30-15-16-32(44)35(24-30)51-7/h20,22,26-27,29-33,35-39,50H,10-19,21,23-24,44H2,1-9H3/b25-20+,28-22+/t26-,27+,29+,30-,31+,32-,33-,35+,36-,37-,38-,39+,43+/m0/s1. The Morgan fingerprint density at radius 2 is 1.64 bits per heavy atom. The van der Waals surface area contributed by atoms with Gasteiger partial charge in [-0.25, -0.2) is 4.79 Å². The minimum Gasteiger partial charge on any atom is -0.456 e. The van der Waals surface area contributed by atoms with Gasteiger partial charge in [0.25, 0.3) is 11.7 Å². The zero-order valence-corrected chi connectivity index (χ0v) is 34.9. The van der Waals surface area contributed by atoms with E-state index in [9.17, 15) is 24.3 Å². The fourth-order valence-electron chi connectivity index (χ4n) is 9.45. The Hall–Kier alpha value is -2.48. The number of cyclic esters (lactones) is 1. The number of rotatable bonds is 6. The summed E-state index contributed by atoms with van der Waals surface area (Å²) in [7, 11) is 4.79. The molecule has 0 aromatic carbocycles. The van der Waals surface area contributed by atoms with Gasteiger partial charge in [-0.3, -0.25) is 14.4 Å². The van der Waals surface area contributed by atoms with E-state index in [-0.39, 0.29) is 54.6 Å². The highest BCUT2D eigenvalue weighted by atomic mass is 16.7. The number of allylic oxidation sites excluding steroid dienone is 3. The van der Waals surface area contributed by atoms with E-state index < -0.39 is 59.8 Å². The third-order valence-corrected chi connectivity index (χ3v) is 12.8. The van der Waals surface area contributed by atoms with Gasteiger partial charge < -0.3 is 39.4 Å². The number of fused-ring (bicyclic) bond motifs is 3. The van der Waals surface area contributed by atoms with Crippen molar-refractivity contribution in [3.05, 3.63) is 23.3 Å². The van der Waals surface area contributed by atoms with E-state index in [2.05, 4.69) is 19.1 Å². The Labute approximate surface area is 329 Å². The van der Waals surface area contributed by atoms with Crippen LogP contribution in [-0.4, -0.2) is 110 Å². The molecule has 0 aromatic heterocycles. The Balaban J connectivity index is 1.73. The quantitative estimate of drug-likeness (QED) is 0.200. The Bertz CT molecular complexity index is 1400. The van der Waals surface area contributed by atoms with Crippen molar-refractivity contribution in [1.29, 1.82) is 0 Å². The van der Waals surface area contributed by atoms with Crippen LogP contribution in [0.25, 0.3) is 0 Å². The number of carbonyl (C=O) groups excluding carboxylic acids is 4. The van der Waals surface area contributed by atoms with Gasteiger partial charge in [-0.15, -0.1) is 0 Å². The molecule has 2 saturated heterocycles. The van der Waals surface area contributed by atoms with Crippen LogP contribution in [0.4, 0.5) is 0 Å². The molecule has 3 heterocycles. The zero-order chi connectivity index (χ0) is 40.6. The first kappa shape index (κ1) is 45.2. The number of esters is 1. The van der Waals surface area contributed by atoms with Crippen LogP contribution < -0.4 is 5.73 Å². The number of carbonyl (C=O) groups is 4. The van der Waals surface area contributed by atoms with Crippen molar-refractivity contribution in [3.63, 3.8) is 0 Å². The van der Waals surface area contributed by atoms with E-state index in [0.717, 1.165) is 30.4 Å². The lowest BCUT2D eigenvalue weighted by molar-refractivity contribution is -0.302. The fourth-order valence-corrected chi connectivity index (χ4v) is 9.45. The topological polar surface area (TPSA) is 164 Å². The highest BCUT2D eigenvalue weighted by Gasteiger charge is 2.56. The number of ketones is 2. The molecule has 3 aliphatic heterocycles. The van der Waals surface area contributed by atoms with Crippen LogP contribution in [0.1, 0.15) is 119 Å². The first-order valence-electron chi connectivity index (χ1n) is 20.8. The molecule has 55 heavy (non-hydrogen) atoms. The van der Waals surface area contributed by atoms with E-state index in [1.165, 1.54) is 4.90 Å². The molecule has 4 aliphatic rings. The summed E-state index contributed by atoms with van der Waals surface area (Å²) in [6, 6.07) is -1.06. The van der Waals surface area contributed by atoms with Gasteiger partial charge in [0, 0.05) is 52.2 Å². The van der Waals surface area contributed by atoms with Gasteiger partial charge in [-0.2, -0.15) is 0 Å². The minimum atomic E-state index is -2.45. The van der Waals surface area contributed by atoms with Crippen molar-refractivity contribution in [2.45, 2.75) is 167 Å². The largest absolute Gasteiger partial charge is 0.456 e. The summed E-state index contributed by atoms with van der Waals surface area (Å²) >= 11 is 0. The van der Waals surface area contributed by atoms with Crippen LogP contribution in [0.2, 0.25) is 0 Å². The average molecular weight is 775 g/mol. The number of nitrogens with zero attached hydrogens (tertiary/aromatic N) is 1. The molecular formula is C43H70N2O10. The first-order valence-corrected chi connectivity index (χ1v) is 20.8. The predicted octanol–water partition coefficient (Wildman–Crippen LogP) is 5.47. The summed E-state index contributed by atoms with van der Waals surface area (Å²) in [6.07, 6.45) is 8.55. The molecule has 3 fully saturated rings. The predicted molar refractivity (Wildman–Crippen MR) is 209 cm³/mol. The fraction of sp³-hybridized carbons (Fsp3) is 0.814. The molecule has 1 amide bonds. The maximum Gasteiger partial charge on any atom is 0.329 e. The SMILES string of the molecule is CC[C@@H]1/C=C(\C)C[C@H](C)C[C@H](OC)[C@H]2O[C@@](O)(C(=O)C(=O)N3CCCC[C@H]3C(=O)O[C@H](/C(C)=C/[C@@H]3CC[C@H](N)[C@H](OC)C3)[C@H](C)CCC1=O)[C@H](C)C[C@@H]2OC. The molecule has 0 radical (unpaired) electrons. The Morgan fingerprint density at radius 3 is 2.29 bits per heavy atom. The van der Waals surface area contributed by atoms with Crippen LogP contribution in [0.3, 0.4) is 0 Å². The van der Waals surface area contributed by atoms with E-state index >= 15 is 0 Å². The lowest BCUT2D eigenvalue weighted by Crippen LogP contribution is -2.64. The van der Waals surface area contributed by atoms with Crippen LogP contribution in [0, 0.1) is 29.6 Å². The van der Waals surface area contributed by atoms with E-state index in [0.29, 0.717) is 51.4 Å². The summed E-state index contributed by atoms with van der Waals surface area (Å²) in [6.45, 7) is 11.9. The highest BCUT2D eigenvalue weighted by Crippen LogP contribution is 2.39. The van der Waals surface area contributed by atoms with Crippen molar-refractivity contribution >= 4 is 23.4 Å². The molecule has 1 aliphatic carbocycles. The van der Waals surface area contributed by atoms with Gasteiger partial charge in [0.2, 0.25) is 5.79 Å². The molecule has 12 nitrogen and oxygen atoms in total. The molecule has 12 heteroatoms. The minimum absolute atomic E-state index is 0.0365. The van der Waals surface area contributed by atoms with Gasteiger partial charge in [0.15, 0.2) is 0 Å². The van der Waals surface area contributed by atoms with Crippen molar-refractivity contribution < 1.29 is 48.0 Å². The van der Waals surface area contributed by atoms with Crippen molar-refractivity contribution in [2.75, 3.05) is 27.9 Å². The number of nitrogens with two attached hydrogens (primary N) is 1. The first-order chi connectivity index (χ1) is 26.1. The molecule has 13 atom stereocenters. The third-order valence-electron chi connectivity index (χ3n) is 12.8. The van der Waals surface area contributed by atoms with Crippen molar-refractivity contribution in [2.24, 2.45) is 35.3 Å². The van der Waals surface area contributed by atoms with Crippen LogP contribution in [0.5, 0.6) is 0 Å². The summed E-state index contributed by atoms with van der Waals surface area (Å²) in [5.74, 6) is -5.97. The summed E-state index contributed by atoms with van der Waals surface area (Å²) in [5.41, 5.74) is 8.27. The van der Waals surface area contributed by atoms with Gasteiger partial charge in [0.1, 0.15) is 24.0 Å². The normalized spacial score (nSPS) is 40.7. The summed E-state index contributed by atoms with van der Waals surface area (Å²) < 4.78 is 30.1. The maximum absolute atomic E-state index is 14.3. The molecule has 0 spiro atoms. The number of Topliss-reactive ketones (excluding diaryl/α,β-unsaturated/α-hetero) is 2. The van der Waals surface area contributed by atoms with Crippen molar-refractivity contribution in [3.8, 4) is 0 Å². The third kappa shape index (κ3) is 10.9. The molecule has 0 aromatic rings. The Kier molecular flexibility index (Phi) is 16.7. The number of amides is 1. The second-order valence-corrected chi connectivity index (χ2v) is 17.1. The monoisotopic (exact) mass is 775 g/mol. The molecule has 0 unspecified atom stereocenters. The van der Waals surface area contributed by atoms with E-state index in [4.69, 9.17) is 29.4 Å². The molecule has 4 rings (SSSR count). The van der Waals surface area contributed by atoms with Crippen LogP contribution >= 0.6 is 0 Å². The molecule has 312 valence electrons. The number of aliphatic hydroxyl groups is 1. The highest BCUT2D eigenvalue weighted by molar-refractivity contribution is 6.39. The van der Waals surface area contributed by atoms with Gasteiger partial charge in [-0.1, -0.05) is 45.4 Å². The number of piperidine rings is 1. The van der Waals surface area contributed by atoms with Gasteiger partial charge in [-0.05, 0) is 108 Å². The second-order valence-electron chi connectivity index (χ2n) is 17.1. The van der Waals surface area contributed by atoms with E-state index in [1.807, 2.05) is 27.7 Å². The molecular weight excluding hydrogens is 704 g/mol. The molecule has 3 N–H and O–H groups in total. The number of methoxy groups -OCH3 is 3. The van der Waals surface area contributed by atoms with Gasteiger partial charge >= 0.3 is 5.97 Å². The van der Waals surface area contributed by atoms with Crippen LogP contribution in [0.15, 0.2) is 23.3 Å². The number of ether oxygens (including phenoxy) is 5. The molecule has 1 saturated carbocycles. The molecule has 2 bridgehead atoms. The Morgan fingerprint density at radius 1 is 0.964 bits per heavy atom. The van der Waals surface area contributed by atoms with E-state index in [1.54, 1.807) is 28.3 Å². The average Bonchev–Trinajstić information content (AvgIpc) is 3.17. The van der Waals surface area contributed by atoms with Gasteiger partial charge in [0.05, 0.1) is 18.3 Å². The smallest absolute Gasteiger partial charge is 0.329 e. The second kappa shape index (κ2) is 20.3. The summed E-state index contributed by atoms with van der Waals surface area (Å²) in [5, 5.41) is 12.0. The zero-order valence-electron chi connectivity index (χ0n) is 34.9. The number of hydrogen-bond donors (Lipinski definition) is 2. The van der Waals surface area contributed by atoms with Crippen LogP contribution in [-0.2, 0) is 42.9 Å².